The topological polar surface area (TPSA) is 73.9 Å². The maximum Gasteiger partial charge on any atom is 0.344 e. The largest absolute Gasteiger partial charge is 0.489 e. The fraction of sp³-hybridized carbons (Fsp3) is 0.238. The highest BCUT2D eigenvalue weighted by molar-refractivity contribution is 5.83. The van der Waals surface area contributed by atoms with E-state index in [-0.39, 0.29) is 12.5 Å². The summed E-state index contributed by atoms with van der Waals surface area (Å²) in [6, 6.07) is 16.8. The van der Waals surface area contributed by atoms with E-state index in [2.05, 4.69) is 11.9 Å². The first-order valence-electron chi connectivity index (χ1n) is 8.56. The van der Waals surface area contributed by atoms with Gasteiger partial charge in [-0.1, -0.05) is 36.4 Å². The molecule has 0 saturated heterocycles. The van der Waals surface area contributed by atoms with Gasteiger partial charge in [-0.15, -0.1) is 6.58 Å². The van der Waals surface area contributed by atoms with Gasteiger partial charge in [-0.3, -0.25) is 4.79 Å². The number of carbonyl (C=O) groups is 2. The van der Waals surface area contributed by atoms with E-state index in [4.69, 9.17) is 14.2 Å². The third-order valence-electron chi connectivity index (χ3n) is 3.53. The van der Waals surface area contributed by atoms with Crippen molar-refractivity contribution in [2.75, 3.05) is 13.2 Å². The number of nitrogens with one attached hydrogen (secondary N) is 1. The Labute approximate surface area is 158 Å². The smallest absolute Gasteiger partial charge is 0.344 e. The number of esters is 1. The number of rotatable bonds is 10. The van der Waals surface area contributed by atoms with Crippen LogP contribution >= 0.6 is 0 Å². The van der Waals surface area contributed by atoms with E-state index in [1.165, 1.54) is 6.92 Å². The molecule has 0 bridgehead atoms. The minimum absolute atomic E-state index is 0.288. The Morgan fingerprint density at radius 2 is 1.67 bits per heavy atom. The van der Waals surface area contributed by atoms with Crippen molar-refractivity contribution >= 4 is 11.9 Å². The molecule has 0 spiro atoms. The highest BCUT2D eigenvalue weighted by Crippen LogP contribution is 2.18. The van der Waals surface area contributed by atoms with E-state index in [0.717, 1.165) is 5.56 Å². The number of amides is 1. The molecule has 0 fully saturated rings. The molecule has 0 saturated carbocycles. The Balaban J connectivity index is 1.73. The van der Waals surface area contributed by atoms with Crippen LogP contribution in [0, 0.1) is 0 Å². The second kappa shape index (κ2) is 10.7. The molecule has 1 N–H and O–H groups in total. The van der Waals surface area contributed by atoms with Gasteiger partial charge in [0, 0.05) is 6.54 Å². The van der Waals surface area contributed by atoms with Gasteiger partial charge in [-0.05, 0) is 36.8 Å². The molecule has 27 heavy (non-hydrogen) atoms. The highest BCUT2D eigenvalue weighted by Gasteiger charge is 2.17. The third-order valence-corrected chi connectivity index (χ3v) is 3.53. The Kier molecular flexibility index (Phi) is 7.91. The summed E-state index contributed by atoms with van der Waals surface area (Å²) in [5, 5.41) is 2.55. The van der Waals surface area contributed by atoms with E-state index >= 15 is 0 Å². The lowest BCUT2D eigenvalue weighted by Gasteiger charge is -2.13. The van der Waals surface area contributed by atoms with Crippen LogP contribution in [-0.4, -0.2) is 31.1 Å². The van der Waals surface area contributed by atoms with Crippen molar-refractivity contribution in [3.63, 3.8) is 0 Å². The van der Waals surface area contributed by atoms with Gasteiger partial charge in [0.2, 0.25) is 0 Å². The van der Waals surface area contributed by atoms with Crippen LogP contribution in [0.25, 0.3) is 0 Å². The van der Waals surface area contributed by atoms with Crippen molar-refractivity contribution in [2.45, 2.75) is 19.6 Å². The van der Waals surface area contributed by atoms with Gasteiger partial charge in [0.1, 0.15) is 18.1 Å². The summed E-state index contributed by atoms with van der Waals surface area (Å²) < 4.78 is 16.1. The second-order valence-corrected chi connectivity index (χ2v) is 5.70. The van der Waals surface area contributed by atoms with E-state index in [1.54, 1.807) is 30.3 Å². The Morgan fingerprint density at radius 3 is 2.30 bits per heavy atom. The summed E-state index contributed by atoms with van der Waals surface area (Å²) in [6.45, 7) is 5.49. The minimum atomic E-state index is -0.894. The van der Waals surface area contributed by atoms with Gasteiger partial charge in [0.25, 0.3) is 5.91 Å². The molecule has 1 amide bonds. The first-order valence-corrected chi connectivity index (χ1v) is 8.56. The van der Waals surface area contributed by atoms with Crippen molar-refractivity contribution in [2.24, 2.45) is 0 Å². The maximum absolute atomic E-state index is 11.8. The average Bonchev–Trinajstić information content (AvgIpc) is 2.70. The van der Waals surface area contributed by atoms with Gasteiger partial charge < -0.3 is 19.5 Å². The van der Waals surface area contributed by atoms with Crippen molar-refractivity contribution in [3.8, 4) is 11.5 Å². The molecule has 1 atom stereocenters. The standard InChI is InChI=1S/C21H23NO5/c1-3-13-22-21(24)16(2)27-20(23)15-26-19-11-9-18(10-12-19)25-14-17-7-5-4-6-8-17/h3-12,16H,1,13-15H2,2H3,(H,22,24)/t16-/m0/s1. The van der Waals surface area contributed by atoms with Gasteiger partial charge in [-0.25, -0.2) is 4.79 Å². The molecular formula is C21H23NO5. The molecule has 2 aromatic carbocycles. The van der Waals surface area contributed by atoms with Gasteiger partial charge in [-0.2, -0.15) is 0 Å². The number of carbonyl (C=O) groups excluding carboxylic acids is 2. The molecule has 0 aliphatic heterocycles. The molecule has 0 aromatic heterocycles. The molecule has 2 rings (SSSR count). The molecule has 142 valence electrons. The van der Waals surface area contributed by atoms with Crippen LogP contribution in [0.5, 0.6) is 11.5 Å². The lowest BCUT2D eigenvalue weighted by atomic mass is 10.2. The third kappa shape index (κ3) is 7.23. The van der Waals surface area contributed by atoms with E-state index < -0.39 is 12.1 Å². The van der Waals surface area contributed by atoms with E-state index in [0.29, 0.717) is 24.7 Å². The summed E-state index contributed by atoms with van der Waals surface area (Å²) >= 11 is 0. The van der Waals surface area contributed by atoms with Crippen LogP contribution in [0.1, 0.15) is 12.5 Å². The van der Waals surface area contributed by atoms with Gasteiger partial charge in [0.15, 0.2) is 12.7 Å². The first-order chi connectivity index (χ1) is 13.1. The molecule has 2 aromatic rings. The normalized spacial score (nSPS) is 11.1. The Bertz CT molecular complexity index is 743. The molecule has 0 aliphatic rings. The van der Waals surface area contributed by atoms with E-state index in [9.17, 15) is 9.59 Å². The van der Waals surface area contributed by atoms with Crippen LogP contribution in [0.15, 0.2) is 67.3 Å². The van der Waals surface area contributed by atoms with Crippen LogP contribution in [0.2, 0.25) is 0 Å². The average molecular weight is 369 g/mol. The molecular weight excluding hydrogens is 346 g/mol. The molecule has 6 heteroatoms. The molecule has 6 nitrogen and oxygen atoms in total. The quantitative estimate of drug-likeness (QED) is 0.515. The lowest BCUT2D eigenvalue weighted by Crippen LogP contribution is -2.36. The van der Waals surface area contributed by atoms with Gasteiger partial charge in [0.05, 0.1) is 0 Å². The Morgan fingerprint density at radius 1 is 1.04 bits per heavy atom. The zero-order valence-corrected chi connectivity index (χ0v) is 15.2. The Hall–Kier alpha value is -3.28. The monoisotopic (exact) mass is 369 g/mol. The van der Waals surface area contributed by atoms with Crippen LogP contribution in [-0.2, 0) is 20.9 Å². The number of hydrogen-bond acceptors (Lipinski definition) is 5. The fourth-order valence-corrected chi connectivity index (χ4v) is 2.12. The summed E-state index contributed by atoms with van der Waals surface area (Å²) in [4.78, 5) is 23.4. The van der Waals surface area contributed by atoms with E-state index in [1.807, 2.05) is 30.3 Å². The van der Waals surface area contributed by atoms with Crippen molar-refractivity contribution in [1.29, 1.82) is 0 Å². The van der Waals surface area contributed by atoms with Crippen LogP contribution in [0.3, 0.4) is 0 Å². The minimum Gasteiger partial charge on any atom is -0.489 e. The summed E-state index contributed by atoms with van der Waals surface area (Å²) in [7, 11) is 0. The number of ether oxygens (including phenoxy) is 3. The van der Waals surface area contributed by atoms with Crippen molar-refractivity contribution in [3.05, 3.63) is 72.8 Å². The molecule has 0 unspecified atom stereocenters. The SMILES string of the molecule is C=CCNC(=O)[C@H](C)OC(=O)COc1ccc(OCc2ccccc2)cc1. The van der Waals surface area contributed by atoms with Crippen LogP contribution < -0.4 is 14.8 Å². The number of hydrogen-bond donors (Lipinski definition) is 1. The predicted molar refractivity (Wildman–Crippen MR) is 101 cm³/mol. The lowest BCUT2D eigenvalue weighted by molar-refractivity contribution is -0.156. The van der Waals surface area contributed by atoms with Crippen molar-refractivity contribution in [1.82, 2.24) is 5.32 Å². The molecule has 0 radical (unpaired) electrons. The predicted octanol–water partition coefficient (Wildman–Crippen LogP) is 2.88. The van der Waals surface area contributed by atoms with Crippen molar-refractivity contribution < 1.29 is 23.8 Å². The maximum atomic E-state index is 11.8. The molecule has 0 heterocycles. The molecule has 0 aliphatic carbocycles. The fourth-order valence-electron chi connectivity index (χ4n) is 2.12. The van der Waals surface area contributed by atoms with Gasteiger partial charge >= 0.3 is 5.97 Å². The van der Waals surface area contributed by atoms with Crippen LogP contribution in [0.4, 0.5) is 0 Å². The second-order valence-electron chi connectivity index (χ2n) is 5.70. The summed E-state index contributed by atoms with van der Waals surface area (Å²) in [5.41, 5.74) is 1.08. The zero-order chi connectivity index (χ0) is 19.5. The number of benzene rings is 2. The first kappa shape index (κ1) is 20.0. The highest BCUT2D eigenvalue weighted by atomic mass is 16.6. The summed E-state index contributed by atoms with van der Waals surface area (Å²) in [5.74, 6) is 0.188. The summed E-state index contributed by atoms with van der Waals surface area (Å²) in [6.07, 6.45) is 0.651. The zero-order valence-electron chi connectivity index (χ0n) is 15.2.